The van der Waals surface area contributed by atoms with E-state index in [0.717, 1.165) is 3.79 Å². The van der Waals surface area contributed by atoms with Gasteiger partial charge in [-0.25, -0.2) is 0 Å². The quantitative estimate of drug-likeness (QED) is 0.693. The minimum atomic E-state index is 0.415. The Hall–Kier alpha value is -0.350. The van der Waals surface area contributed by atoms with Crippen LogP contribution in [0.25, 0.3) is 0 Å². The molecule has 0 saturated carbocycles. The Balaban J connectivity index is 2.72. The van der Waals surface area contributed by atoms with Gasteiger partial charge in [0.2, 0.25) is 0 Å². The zero-order valence-corrected chi connectivity index (χ0v) is 6.74. The second-order valence-electron chi connectivity index (χ2n) is 1.27. The van der Waals surface area contributed by atoms with Crippen LogP contribution >= 0.6 is 27.3 Å². The molecular formula is C5H3BrO2S. The first kappa shape index (κ1) is 6.77. The van der Waals surface area contributed by atoms with Gasteiger partial charge in [0.15, 0.2) is 5.06 Å². The van der Waals surface area contributed by atoms with Gasteiger partial charge in [-0.1, -0.05) is 11.3 Å². The lowest BCUT2D eigenvalue weighted by atomic mass is 10.7. The van der Waals surface area contributed by atoms with E-state index in [2.05, 4.69) is 20.7 Å². The van der Waals surface area contributed by atoms with Crippen molar-refractivity contribution in [1.29, 1.82) is 0 Å². The average Bonchev–Trinajstić information content (AvgIpc) is 2.17. The highest BCUT2D eigenvalue weighted by Gasteiger charge is 1.94. The highest BCUT2D eigenvalue weighted by Crippen LogP contribution is 2.27. The van der Waals surface area contributed by atoms with E-state index in [-0.39, 0.29) is 0 Å². The summed E-state index contributed by atoms with van der Waals surface area (Å²) in [5, 5.41) is 0.608. The van der Waals surface area contributed by atoms with Crippen LogP contribution in [0.3, 0.4) is 0 Å². The van der Waals surface area contributed by atoms with E-state index in [1.807, 2.05) is 6.07 Å². The van der Waals surface area contributed by atoms with Gasteiger partial charge >= 0.3 is 0 Å². The van der Waals surface area contributed by atoms with E-state index in [1.54, 1.807) is 6.07 Å². The molecule has 0 atom stereocenters. The molecule has 0 radical (unpaired) electrons. The minimum absolute atomic E-state index is 0.415. The van der Waals surface area contributed by atoms with E-state index in [9.17, 15) is 4.79 Å². The van der Waals surface area contributed by atoms with Crippen molar-refractivity contribution in [2.45, 2.75) is 0 Å². The molecule has 4 heteroatoms. The second kappa shape index (κ2) is 2.98. The lowest BCUT2D eigenvalue weighted by Crippen LogP contribution is -1.82. The lowest BCUT2D eigenvalue weighted by molar-refractivity contribution is -0.120. The van der Waals surface area contributed by atoms with Gasteiger partial charge < -0.3 is 4.74 Å². The molecule has 0 spiro atoms. The van der Waals surface area contributed by atoms with Crippen LogP contribution in [0.15, 0.2) is 15.9 Å². The molecule has 0 fully saturated rings. The molecular weight excluding hydrogens is 204 g/mol. The summed E-state index contributed by atoms with van der Waals surface area (Å²) in [7, 11) is 0. The number of thiophene rings is 1. The maximum Gasteiger partial charge on any atom is 0.299 e. The smallest absolute Gasteiger partial charge is 0.299 e. The van der Waals surface area contributed by atoms with Crippen LogP contribution in [-0.4, -0.2) is 6.47 Å². The third kappa shape index (κ3) is 1.80. The Labute approximate surface area is 64.6 Å². The van der Waals surface area contributed by atoms with Gasteiger partial charge in [0, 0.05) is 0 Å². The highest BCUT2D eigenvalue weighted by atomic mass is 79.9. The summed E-state index contributed by atoms with van der Waals surface area (Å²) in [5.41, 5.74) is 0. The first-order valence-electron chi connectivity index (χ1n) is 2.18. The Kier molecular flexibility index (Phi) is 2.24. The topological polar surface area (TPSA) is 26.3 Å². The van der Waals surface area contributed by atoms with Crippen molar-refractivity contribution in [1.82, 2.24) is 0 Å². The van der Waals surface area contributed by atoms with E-state index in [4.69, 9.17) is 0 Å². The predicted octanol–water partition coefficient (Wildman–Crippen LogP) is 2.05. The maximum atomic E-state index is 9.75. The number of ether oxygens (including phenoxy) is 1. The van der Waals surface area contributed by atoms with Crippen LogP contribution in [-0.2, 0) is 4.79 Å². The van der Waals surface area contributed by atoms with Crippen molar-refractivity contribution in [3.63, 3.8) is 0 Å². The highest BCUT2D eigenvalue weighted by molar-refractivity contribution is 9.11. The Bertz CT molecular complexity index is 208. The zero-order chi connectivity index (χ0) is 6.69. The van der Waals surface area contributed by atoms with Crippen molar-refractivity contribution in [3.05, 3.63) is 15.9 Å². The van der Waals surface area contributed by atoms with Crippen LogP contribution in [0.5, 0.6) is 5.06 Å². The molecule has 0 aliphatic carbocycles. The molecule has 0 unspecified atom stereocenters. The van der Waals surface area contributed by atoms with Crippen LogP contribution in [0, 0.1) is 0 Å². The Morgan fingerprint density at radius 1 is 1.67 bits per heavy atom. The van der Waals surface area contributed by atoms with Crippen molar-refractivity contribution in [2.75, 3.05) is 0 Å². The van der Waals surface area contributed by atoms with Gasteiger partial charge in [-0.2, -0.15) is 0 Å². The van der Waals surface area contributed by atoms with E-state index in [1.165, 1.54) is 11.3 Å². The number of hydrogen-bond acceptors (Lipinski definition) is 3. The number of rotatable bonds is 2. The lowest BCUT2D eigenvalue weighted by Gasteiger charge is -1.84. The summed E-state index contributed by atoms with van der Waals surface area (Å²) in [5.74, 6) is 0. The summed E-state index contributed by atoms with van der Waals surface area (Å²) < 4.78 is 5.49. The van der Waals surface area contributed by atoms with Crippen molar-refractivity contribution >= 4 is 33.7 Å². The van der Waals surface area contributed by atoms with Gasteiger partial charge in [0.1, 0.15) is 0 Å². The van der Waals surface area contributed by atoms with Crippen molar-refractivity contribution in [3.8, 4) is 5.06 Å². The number of hydrogen-bond donors (Lipinski definition) is 0. The fraction of sp³-hybridized carbons (Fsp3) is 0. The molecule has 48 valence electrons. The number of carbonyl (C=O) groups excluding carboxylic acids is 1. The fourth-order valence-electron chi connectivity index (χ4n) is 0.408. The summed E-state index contributed by atoms with van der Waals surface area (Å²) in [4.78, 5) is 9.75. The van der Waals surface area contributed by atoms with Crippen molar-refractivity contribution < 1.29 is 9.53 Å². The van der Waals surface area contributed by atoms with Gasteiger partial charge in [0.25, 0.3) is 6.47 Å². The Morgan fingerprint density at radius 3 is 2.89 bits per heavy atom. The van der Waals surface area contributed by atoms with E-state index in [0.29, 0.717) is 11.5 Å². The minimum Gasteiger partial charge on any atom is -0.418 e. The molecule has 1 rings (SSSR count). The number of halogens is 1. The normalized spacial score (nSPS) is 9.00. The van der Waals surface area contributed by atoms with Gasteiger partial charge in [-0.3, -0.25) is 4.79 Å². The third-order valence-electron chi connectivity index (χ3n) is 0.713. The van der Waals surface area contributed by atoms with Gasteiger partial charge in [-0.05, 0) is 28.1 Å². The first-order valence-corrected chi connectivity index (χ1v) is 3.79. The van der Waals surface area contributed by atoms with Crippen LogP contribution in [0.4, 0.5) is 0 Å². The summed E-state index contributed by atoms with van der Waals surface area (Å²) >= 11 is 4.60. The largest absolute Gasteiger partial charge is 0.418 e. The molecule has 1 aromatic rings. The monoisotopic (exact) mass is 206 g/mol. The molecule has 9 heavy (non-hydrogen) atoms. The number of carbonyl (C=O) groups is 1. The van der Waals surface area contributed by atoms with E-state index >= 15 is 0 Å². The van der Waals surface area contributed by atoms with Crippen LogP contribution in [0.1, 0.15) is 0 Å². The first-order chi connectivity index (χ1) is 4.33. The van der Waals surface area contributed by atoms with Gasteiger partial charge in [-0.15, -0.1) is 0 Å². The standard InChI is InChI=1S/C5H3BrO2S/c6-4-1-2-5(9-4)8-3-7/h1-3H. The fourth-order valence-corrected chi connectivity index (χ4v) is 1.57. The molecule has 0 N–H and O–H groups in total. The zero-order valence-electron chi connectivity index (χ0n) is 4.33. The molecule has 2 nitrogen and oxygen atoms in total. The maximum absolute atomic E-state index is 9.75. The average molecular weight is 207 g/mol. The summed E-state index contributed by atoms with van der Waals surface area (Å²) in [6.07, 6.45) is 0. The molecule has 0 amide bonds. The molecule has 1 heterocycles. The SMILES string of the molecule is O=COc1ccc(Br)s1. The molecule has 1 aromatic heterocycles. The summed E-state index contributed by atoms with van der Waals surface area (Å²) in [6.45, 7) is 0.415. The molecule has 0 saturated heterocycles. The molecule has 0 aliphatic heterocycles. The van der Waals surface area contributed by atoms with Crippen LogP contribution < -0.4 is 4.74 Å². The Morgan fingerprint density at radius 2 is 2.44 bits per heavy atom. The third-order valence-corrected chi connectivity index (χ3v) is 2.23. The van der Waals surface area contributed by atoms with Crippen molar-refractivity contribution in [2.24, 2.45) is 0 Å². The molecule has 0 aliphatic rings. The molecule has 0 aromatic carbocycles. The van der Waals surface area contributed by atoms with Crippen LogP contribution in [0.2, 0.25) is 0 Å². The summed E-state index contributed by atoms with van der Waals surface area (Å²) in [6, 6.07) is 3.55. The van der Waals surface area contributed by atoms with Gasteiger partial charge in [0.05, 0.1) is 3.79 Å². The molecule has 0 bridgehead atoms. The second-order valence-corrected chi connectivity index (χ2v) is 3.70. The predicted molar refractivity (Wildman–Crippen MR) is 38.7 cm³/mol. The van der Waals surface area contributed by atoms with E-state index < -0.39 is 0 Å².